The molecular formula is C13H25NO2. The first kappa shape index (κ1) is 13.5. The molecule has 1 aliphatic heterocycles. The number of aliphatic hydroxyl groups excluding tert-OH is 1. The number of unbranched alkanes of at least 4 members (excludes halogenated alkanes) is 4. The van der Waals surface area contributed by atoms with Gasteiger partial charge in [-0.25, -0.2) is 0 Å². The molecule has 0 radical (unpaired) electrons. The van der Waals surface area contributed by atoms with Gasteiger partial charge in [0.2, 0.25) is 5.91 Å². The van der Waals surface area contributed by atoms with Crippen molar-refractivity contribution in [3.63, 3.8) is 0 Å². The molecule has 1 unspecified atom stereocenters. The third-order valence-electron chi connectivity index (χ3n) is 3.24. The van der Waals surface area contributed by atoms with Gasteiger partial charge >= 0.3 is 0 Å². The highest BCUT2D eigenvalue weighted by atomic mass is 16.3. The number of rotatable bonds is 6. The Labute approximate surface area is 98.8 Å². The second-order valence-corrected chi connectivity index (χ2v) is 4.80. The molecule has 0 aliphatic carbocycles. The number of carbonyl (C=O) groups is 1. The van der Waals surface area contributed by atoms with Gasteiger partial charge in [0.15, 0.2) is 0 Å². The Hall–Kier alpha value is -0.570. The number of β-amino-alcohol motifs (C(OH)–C–C–N with tert-alkyl or cyclic N) is 1. The van der Waals surface area contributed by atoms with Crippen molar-refractivity contribution in [2.24, 2.45) is 0 Å². The van der Waals surface area contributed by atoms with Crippen molar-refractivity contribution in [3.8, 4) is 0 Å². The molecule has 0 bridgehead atoms. The summed E-state index contributed by atoms with van der Waals surface area (Å²) in [6.45, 7) is 3.58. The highest BCUT2D eigenvalue weighted by Crippen LogP contribution is 2.13. The van der Waals surface area contributed by atoms with Gasteiger partial charge < -0.3 is 10.0 Å². The van der Waals surface area contributed by atoms with E-state index in [1.54, 1.807) is 0 Å². The quantitative estimate of drug-likeness (QED) is 0.707. The average molecular weight is 227 g/mol. The largest absolute Gasteiger partial charge is 0.391 e. The number of hydrogen-bond donors (Lipinski definition) is 1. The van der Waals surface area contributed by atoms with Gasteiger partial charge in [-0.2, -0.15) is 0 Å². The fourth-order valence-electron chi connectivity index (χ4n) is 2.22. The van der Waals surface area contributed by atoms with Crippen molar-refractivity contribution in [3.05, 3.63) is 0 Å². The van der Waals surface area contributed by atoms with E-state index in [0.29, 0.717) is 13.0 Å². The minimum Gasteiger partial charge on any atom is -0.391 e. The van der Waals surface area contributed by atoms with E-state index in [1.165, 1.54) is 19.3 Å². The average Bonchev–Trinajstić information content (AvgIpc) is 2.28. The van der Waals surface area contributed by atoms with Crippen LogP contribution < -0.4 is 0 Å². The van der Waals surface area contributed by atoms with E-state index in [9.17, 15) is 9.90 Å². The van der Waals surface area contributed by atoms with Gasteiger partial charge in [-0.05, 0) is 19.3 Å². The molecule has 1 fully saturated rings. The van der Waals surface area contributed by atoms with Crippen LogP contribution in [0.1, 0.15) is 58.3 Å². The van der Waals surface area contributed by atoms with Gasteiger partial charge in [0.1, 0.15) is 0 Å². The van der Waals surface area contributed by atoms with Gasteiger partial charge in [-0.15, -0.1) is 0 Å². The van der Waals surface area contributed by atoms with Crippen LogP contribution in [0.4, 0.5) is 0 Å². The van der Waals surface area contributed by atoms with E-state index in [2.05, 4.69) is 6.92 Å². The van der Waals surface area contributed by atoms with Gasteiger partial charge in [0.05, 0.1) is 6.10 Å². The van der Waals surface area contributed by atoms with E-state index < -0.39 is 0 Å². The monoisotopic (exact) mass is 227 g/mol. The summed E-state index contributed by atoms with van der Waals surface area (Å²) >= 11 is 0. The van der Waals surface area contributed by atoms with Crippen LogP contribution in [0.15, 0.2) is 0 Å². The minimum atomic E-state index is -0.294. The summed E-state index contributed by atoms with van der Waals surface area (Å²) < 4.78 is 0. The third kappa shape index (κ3) is 4.97. The van der Waals surface area contributed by atoms with Crippen LogP contribution in [-0.4, -0.2) is 35.1 Å². The lowest BCUT2D eigenvalue weighted by Crippen LogP contribution is -2.42. The van der Waals surface area contributed by atoms with Crippen LogP contribution in [0.3, 0.4) is 0 Å². The summed E-state index contributed by atoms with van der Waals surface area (Å²) in [7, 11) is 0. The van der Waals surface area contributed by atoms with Crippen molar-refractivity contribution in [2.45, 2.75) is 64.4 Å². The molecule has 3 heteroatoms. The molecule has 0 aromatic rings. The Morgan fingerprint density at radius 2 is 2.06 bits per heavy atom. The van der Waals surface area contributed by atoms with Crippen LogP contribution in [-0.2, 0) is 4.79 Å². The van der Waals surface area contributed by atoms with Crippen LogP contribution >= 0.6 is 0 Å². The smallest absolute Gasteiger partial charge is 0.222 e. The SMILES string of the molecule is CCCCCCCC(=O)N1CCCC(O)C1. The van der Waals surface area contributed by atoms with E-state index in [0.717, 1.165) is 32.2 Å². The van der Waals surface area contributed by atoms with Crippen LogP contribution in [0, 0.1) is 0 Å². The maximum absolute atomic E-state index is 11.8. The van der Waals surface area contributed by atoms with Gasteiger partial charge in [-0.1, -0.05) is 32.6 Å². The van der Waals surface area contributed by atoms with E-state index in [-0.39, 0.29) is 12.0 Å². The molecule has 94 valence electrons. The number of carbonyl (C=O) groups excluding carboxylic acids is 1. The summed E-state index contributed by atoms with van der Waals surface area (Å²) in [5, 5.41) is 9.48. The number of piperidine rings is 1. The third-order valence-corrected chi connectivity index (χ3v) is 3.24. The molecule has 1 saturated heterocycles. The Kier molecular flexibility index (Phi) is 6.46. The molecule has 0 saturated carbocycles. The van der Waals surface area contributed by atoms with Crippen LogP contribution in [0.25, 0.3) is 0 Å². The van der Waals surface area contributed by atoms with E-state index in [1.807, 2.05) is 4.90 Å². The lowest BCUT2D eigenvalue weighted by atomic mass is 10.1. The Bertz CT molecular complexity index is 206. The standard InChI is InChI=1S/C13H25NO2/c1-2-3-4-5-6-9-13(16)14-10-7-8-12(15)11-14/h12,15H,2-11H2,1H3. The first-order chi connectivity index (χ1) is 7.74. The first-order valence-electron chi connectivity index (χ1n) is 6.70. The highest BCUT2D eigenvalue weighted by Gasteiger charge is 2.21. The maximum atomic E-state index is 11.8. The molecule has 1 heterocycles. The minimum absolute atomic E-state index is 0.232. The summed E-state index contributed by atoms with van der Waals surface area (Å²) in [6, 6.07) is 0. The van der Waals surface area contributed by atoms with E-state index >= 15 is 0 Å². The first-order valence-corrected chi connectivity index (χ1v) is 6.70. The van der Waals surface area contributed by atoms with Crippen molar-refractivity contribution in [2.75, 3.05) is 13.1 Å². The molecular weight excluding hydrogens is 202 g/mol. The summed E-state index contributed by atoms with van der Waals surface area (Å²) in [5.74, 6) is 0.232. The van der Waals surface area contributed by atoms with Crippen molar-refractivity contribution >= 4 is 5.91 Å². The predicted molar refractivity (Wildman–Crippen MR) is 65.2 cm³/mol. The zero-order valence-corrected chi connectivity index (χ0v) is 10.5. The van der Waals surface area contributed by atoms with Crippen molar-refractivity contribution < 1.29 is 9.90 Å². The zero-order chi connectivity index (χ0) is 11.8. The molecule has 0 aromatic carbocycles. The van der Waals surface area contributed by atoms with Crippen LogP contribution in [0.5, 0.6) is 0 Å². The molecule has 16 heavy (non-hydrogen) atoms. The number of nitrogens with zero attached hydrogens (tertiary/aromatic N) is 1. The van der Waals surface area contributed by atoms with Crippen LogP contribution in [0.2, 0.25) is 0 Å². The lowest BCUT2D eigenvalue weighted by molar-refractivity contribution is -0.134. The fraction of sp³-hybridized carbons (Fsp3) is 0.923. The molecule has 1 aliphatic rings. The number of hydrogen-bond acceptors (Lipinski definition) is 2. The van der Waals surface area contributed by atoms with Gasteiger partial charge in [0.25, 0.3) is 0 Å². The maximum Gasteiger partial charge on any atom is 0.222 e. The molecule has 3 nitrogen and oxygen atoms in total. The number of likely N-dealkylation sites (tertiary alicyclic amines) is 1. The summed E-state index contributed by atoms with van der Waals surface area (Å²) in [4.78, 5) is 13.6. The molecule has 0 aromatic heterocycles. The van der Waals surface area contributed by atoms with Gasteiger partial charge in [-0.3, -0.25) is 4.79 Å². The molecule has 1 rings (SSSR count). The number of amides is 1. The normalized spacial score (nSPS) is 21.1. The van der Waals surface area contributed by atoms with Crippen molar-refractivity contribution in [1.82, 2.24) is 4.90 Å². The summed E-state index contributed by atoms with van der Waals surface area (Å²) in [5.41, 5.74) is 0. The van der Waals surface area contributed by atoms with Crippen molar-refractivity contribution in [1.29, 1.82) is 0 Å². The molecule has 1 amide bonds. The predicted octanol–water partition coefficient (Wildman–Crippen LogP) is 2.33. The van der Waals surface area contributed by atoms with E-state index in [4.69, 9.17) is 0 Å². The Balaban J connectivity index is 2.09. The molecule has 1 N–H and O–H groups in total. The Morgan fingerprint density at radius 3 is 2.75 bits per heavy atom. The second kappa shape index (κ2) is 7.66. The molecule has 0 spiro atoms. The topological polar surface area (TPSA) is 40.5 Å². The highest BCUT2D eigenvalue weighted by molar-refractivity contribution is 5.76. The fourth-order valence-corrected chi connectivity index (χ4v) is 2.22. The van der Waals surface area contributed by atoms with Gasteiger partial charge in [0, 0.05) is 19.5 Å². The second-order valence-electron chi connectivity index (χ2n) is 4.80. The number of aliphatic hydroxyl groups is 1. The molecule has 1 atom stereocenters. The lowest BCUT2D eigenvalue weighted by Gasteiger charge is -2.30. The zero-order valence-electron chi connectivity index (χ0n) is 10.5. The Morgan fingerprint density at radius 1 is 1.31 bits per heavy atom. The summed E-state index contributed by atoms with van der Waals surface area (Å²) in [6.07, 6.45) is 8.09.